The molecular formula is C25H24FN3O5S. The molecular weight excluding hydrogens is 473 g/mol. The van der Waals surface area contributed by atoms with Gasteiger partial charge >= 0.3 is 5.97 Å². The Morgan fingerprint density at radius 1 is 1.11 bits per heavy atom. The molecule has 1 fully saturated rings. The molecule has 0 atom stereocenters. The van der Waals surface area contributed by atoms with Crippen LogP contribution in [0.3, 0.4) is 0 Å². The molecule has 2 aliphatic rings. The summed E-state index contributed by atoms with van der Waals surface area (Å²) in [6.07, 6.45) is 1.92. The maximum atomic E-state index is 15.1. The molecule has 1 aromatic heterocycles. The number of benzene rings is 2. The summed E-state index contributed by atoms with van der Waals surface area (Å²) in [4.78, 5) is 28.9. The Labute approximate surface area is 206 Å². The molecule has 0 aliphatic carbocycles. The highest BCUT2D eigenvalue weighted by molar-refractivity contribution is 7.80. The number of ether oxygens (including phenoxy) is 2. The zero-order valence-electron chi connectivity index (χ0n) is 19.1. The average Bonchev–Trinajstić information content (AvgIpc) is 3.32. The van der Waals surface area contributed by atoms with Gasteiger partial charge in [0.25, 0.3) is 0 Å². The van der Waals surface area contributed by atoms with E-state index in [2.05, 4.69) is 4.90 Å². The van der Waals surface area contributed by atoms with Crippen molar-refractivity contribution in [1.82, 2.24) is 9.47 Å². The number of pyridine rings is 1. The quantitative estimate of drug-likeness (QED) is 0.538. The molecule has 0 saturated carbocycles. The maximum Gasteiger partial charge on any atom is 0.341 e. The lowest BCUT2D eigenvalue weighted by molar-refractivity contribution is 0.0695. The number of carbonyl (C=O) groups is 1. The van der Waals surface area contributed by atoms with E-state index in [0.717, 1.165) is 28.1 Å². The van der Waals surface area contributed by atoms with Crippen LogP contribution in [0.25, 0.3) is 10.9 Å². The normalized spacial score (nSPS) is 15.0. The van der Waals surface area contributed by atoms with Gasteiger partial charge in [0, 0.05) is 50.7 Å². The Hall–Kier alpha value is -3.66. The van der Waals surface area contributed by atoms with Gasteiger partial charge in [-0.15, -0.1) is 0 Å². The van der Waals surface area contributed by atoms with Crippen molar-refractivity contribution in [3.8, 4) is 11.5 Å². The number of aromatic nitrogens is 1. The number of hydrogen-bond acceptors (Lipinski definition) is 6. The van der Waals surface area contributed by atoms with Crippen LogP contribution in [0.15, 0.2) is 41.3 Å². The molecule has 0 amide bonds. The van der Waals surface area contributed by atoms with Gasteiger partial charge in [0.15, 0.2) is 11.5 Å². The number of hydrogen-bond donors (Lipinski definition) is 1. The van der Waals surface area contributed by atoms with Crippen molar-refractivity contribution >= 4 is 39.8 Å². The number of fused-ring (bicyclic) bond motifs is 2. The van der Waals surface area contributed by atoms with Crippen molar-refractivity contribution in [1.29, 1.82) is 0 Å². The Bertz CT molecular complexity index is 1400. The number of thiocarbonyl (C=S) groups is 1. The molecule has 0 unspecified atom stereocenters. The van der Waals surface area contributed by atoms with Crippen LogP contribution in [0.1, 0.15) is 22.8 Å². The van der Waals surface area contributed by atoms with Crippen LogP contribution in [0, 0.1) is 5.82 Å². The first kappa shape index (κ1) is 23.1. The van der Waals surface area contributed by atoms with Gasteiger partial charge in [-0.2, -0.15) is 0 Å². The molecule has 1 N–H and O–H groups in total. The molecule has 3 aromatic rings. The first-order valence-electron chi connectivity index (χ1n) is 11.4. The highest BCUT2D eigenvalue weighted by Gasteiger charge is 2.24. The molecule has 0 bridgehead atoms. The number of rotatable bonds is 5. The maximum absolute atomic E-state index is 15.1. The highest BCUT2D eigenvalue weighted by atomic mass is 32.1. The summed E-state index contributed by atoms with van der Waals surface area (Å²) in [6, 6.07) is 8.60. The van der Waals surface area contributed by atoms with Crippen molar-refractivity contribution in [3.63, 3.8) is 0 Å². The van der Waals surface area contributed by atoms with Gasteiger partial charge in [-0.05, 0) is 36.8 Å². The molecule has 10 heteroatoms. The molecule has 0 radical (unpaired) electrons. The fourth-order valence-corrected chi connectivity index (χ4v) is 4.94. The molecule has 3 heterocycles. The average molecular weight is 498 g/mol. The Morgan fingerprint density at radius 2 is 1.86 bits per heavy atom. The molecule has 182 valence electrons. The van der Waals surface area contributed by atoms with E-state index < -0.39 is 17.2 Å². The monoisotopic (exact) mass is 497 g/mol. The van der Waals surface area contributed by atoms with E-state index in [1.54, 1.807) is 10.6 Å². The largest absolute Gasteiger partial charge is 0.477 e. The van der Waals surface area contributed by atoms with Crippen LogP contribution in [0.4, 0.5) is 10.1 Å². The number of carboxylic acid groups (broad SMARTS) is 1. The second-order valence-corrected chi connectivity index (χ2v) is 8.99. The summed E-state index contributed by atoms with van der Waals surface area (Å²) in [5.41, 5.74) is 0.904. The van der Waals surface area contributed by atoms with E-state index in [9.17, 15) is 14.7 Å². The Balaban J connectivity index is 1.32. The number of halogens is 1. The van der Waals surface area contributed by atoms with E-state index in [1.165, 1.54) is 6.20 Å². The van der Waals surface area contributed by atoms with E-state index in [4.69, 9.17) is 21.7 Å². The van der Waals surface area contributed by atoms with Crippen LogP contribution < -0.4 is 19.8 Å². The molecule has 0 spiro atoms. The van der Waals surface area contributed by atoms with E-state index in [-0.39, 0.29) is 17.7 Å². The van der Waals surface area contributed by atoms with Crippen LogP contribution in [0.2, 0.25) is 0 Å². The molecule has 35 heavy (non-hydrogen) atoms. The van der Waals surface area contributed by atoms with Crippen molar-refractivity contribution in [2.24, 2.45) is 0 Å². The minimum Gasteiger partial charge on any atom is -0.477 e. The topological polar surface area (TPSA) is 84.2 Å². The molecule has 8 nitrogen and oxygen atoms in total. The third-order valence-corrected chi connectivity index (χ3v) is 6.89. The van der Waals surface area contributed by atoms with Gasteiger partial charge in [0.05, 0.1) is 16.2 Å². The molecule has 5 rings (SSSR count). The number of carboxylic acids is 1. The summed E-state index contributed by atoms with van der Waals surface area (Å²) < 4.78 is 27.6. The third kappa shape index (κ3) is 4.29. The van der Waals surface area contributed by atoms with Crippen LogP contribution in [0.5, 0.6) is 11.5 Å². The van der Waals surface area contributed by atoms with Gasteiger partial charge in [-0.1, -0.05) is 18.3 Å². The van der Waals surface area contributed by atoms with E-state index in [1.807, 2.05) is 30.0 Å². The van der Waals surface area contributed by atoms with Crippen molar-refractivity contribution in [3.05, 3.63) is 63.7 Å². The molecule has 2 aromatic carbocycles. The first-order valence-corrected chi connectivity index (χ1v) is 11.8. The zero-order valence-corrected chi connectivity index (χ0v) is 19.9. The number of nitrogens with zero attached hydrogens (tertiary/aromatic N) is 3. The van der Waals surface area contributed by atoms with Gasteiger partial charge in [0.1, 0.15) is 11.4 Å². The van der Waals surface area contributed by atoms with Gasteiger partial charge in [0.2, 0.25) is 12.2 Å². The van der Waals surface area contributed by atoms with Crippen LogP contribution in [-0.2, 0) is 13.0 Å². The Morgan fingerprint density at radius 3 is 2.57 bits per heavy atom. The summed E-state index contributed by atoms with van der Waals surface area (Å²) in [6.45, 7) is 4.92. The Kier molecular flexibility index (Phi) is 6.06. The van der Waals surface area contributed by atoms with Gasteiger partial charge in [-0.25, -0.2) is 9.18 Å². The minimum atomic E-state index is -1.32. The van der Waals surface area contributed by atoms with E-state index in [0.29, 0.717) is 50.3 Å². The van der Waals surface area contributed by atoms with E-state index >= 15 is 4.39 Å². The smallest absolute Gasteiger partial charge is 0.341 e. The predicted molar refractivity (Wildman–Crippen MR) is 133 cm³/mol. The zero-order chi connectivity index (χ0) is 24.7. The number of aromatic carboxylic acids is 1. The lowest BCUT2D eigenvalue weighted by atomic mass is 10.1. The predicted octanol–water partition coefficient (Wildman–Crippen LogP) is 3.28. The SMILES string of the molecule is CCn1cc(C(=O)O)c(=O)c2cc(F)c(N3CCN(C(=S)Cc4ccc5c(c4)OCO5)CC3)cc21. The third-order valence-electron chi connectivity index (χ3n) is 6.49. The highest BCUT2D eigenvalue weighted by Crippen LogP contribution is 2.33. The number of piperazine rings is 1. The second-order valence-electron chi connectivity index (χ2n) is 8.52. The second kappa shape index (κ2) is 9.18. The number of anilines is 1. The molecule has 1 saturated heterocycles. The fraction of sp³-hybridized carbons (Fsp3) is 0.320. The van der Waals surface area contributed by atoms with Crippen molar-refractivity contribution in [2.45, 2.75) is 19.9 Å². The molecule has 2 aliphatic heterocycles. The lowest BCUT2D eigenvalue weighted by Gasteiger charge is -2.37. The van der Waals surface area contributed by atoms with Crippen molar-refractivity contribution < 1.29 is 23.8 Å². The van der Waals surface area contributed by atoms with Gasteiger partial charge < -0.3 is 28.9 Å². The summed E-state index contributed by atoms with van der Waals surface area (Å²) in [5, 5.41) is 9.40. The van der Waals surface area contributed by atoms with Crippen molar-refractivity contribution in [2.75, 3.05) is 37.9 Å². The first-order chi connectivity index (χ1) is 16.9. The lowest BCUT2D eigenvalue weighted by Crippen LogP contribution is -2.49. The summed E-state index contributed by atoms with van der Waals surface area (Å²) in [5.74, 6) is -0.408. The summed E-state index contributed by atoms with van der Waals surface area (Å²) in [7, 11) is 0. The fourth-order valence-electron chi connectivity index (χ4n) is 4.59. The van der Waals surface area contributed by atoms with Gasteiger partial charge in [-0.3, -0.25) is 4.79 Å². The number of aryl methyl sites for hydroxylation is 1. The standard InChI is InChI=1S/C25H24FN3O5S/c1-2-27-13-17(25(31)32)24(30)16-11-18(26)20(12-19(16)27)28-5-7-29(8-6-28)23(35)10-15-3-4-21-22(9-15)34-14-33-21/h3-4,9,11-13H,2,5-8,10,14H2,1H3,(H,31,32). The van der Waals surface area contributed by atoms with Crippen LogP contribution >= 0.6 is 12.2 Å². The van der Waals surface area contributed by atoms with Crippen LogP contribution in [-0.4, -0.2) is 58.5 Å². The minimum absolute atomic E-state index is 0.0662. The summed E-state index contributed by atoms with van der Waals surface area (Å²) >= 11 is 5.68.